The second-order valence-corrected chi connectivity index (χ2v) is 5.74. The van der Waals surface area contributed by atoms with E-state index in [1.807, 2.05) is 0 Å². The van der Waals surface area contributed by atoms with Gasteiger partial charge in [0.1, 0.15) is 0 Å². The average Bonchev–Trinajstić information content (AvgIpc) is 2.72. The summed E-state index contributed by atoms with van der Waals surface area (Å²) in [6.45, 7) is 9.04. The van der Waals surface area contributed by atoms with Gasteiger partial charge in [-0.15, -0.1) is 11.3 Å². The van der Waals surface area contributed by atoms with Crippen LogP contribution in [0.15, 0.2) is 0 Å². The molecule has 0 aliphatic rings. The van der Waals surface area contributed by atoms with Crippen molar-refractivity contribution in [1.29, 1.82) is 0 Å². The predicted molar refractivity (Wildman–Crippen MR) is 78.4 cm³/mol. The van der Waals surface area contributed by atoms with E-state index in [2.05, 4.69) is 43.0 Å². The number of methoxy groups -OCH3 is 1. The number of hydrogen-bond acceptors (Lipinski definition) is 5. The van der Waals surface area contributed by atoms with E-state index < -0.39 is 0 Å². The highest BCUT2D eigenvalue weighted by Crippen LogP contribution is 2.27. The molecule has 0 saturated heterocycles. The number of aromatic nitrogens is 1. The second kappa shape index (κ2) is 7.71. The van der Waals surface area contributed by atoms with Gasteiger partial charge in [0.2, 0.25) is 0 Å². The smallest absolute Gasteiger partial charge is 0.185 e. The maximum atomic E-state index is 5.23. The van der Waals surface area contributed by atoms with Crippen LogP contribution < -0.4 is 10.2 Å². The van der Waals surface area contributed by atoms with E-state index in [1.54, 1.807) is 18.4 Å². The van der Waals surface area contributed by atoms with Crippen molar-refractivity contribution in [2.75, 3.05) is 25.6 Å². The zero-order valence-corrected chi connectivity index (χ0v) is 12.9. The summed E-state index contributed by atoms with van der Waals surface area (Å²) in [6, 6.07) is 0.461. The Morgan fingerprint density at radius 3 is 2.72 bits per heavy atom. The minimum Gasteiger partial charge on any atom is -0.378 e. The molecule has 0 saturated carbocycles. The first kappa shape index (κ1) is 15.4. The number of anilines is 1. The Hall–Kier alpha value is -0.650. The summed E-state index contributed by atoms with van der Waals surface area (Å²) in [4.78, 5) is 8.17. The van der Waals surface area contributed by atoms with Gasteiger partial charge in [0.25, 0.3) is 0 Å². The van der Waals surface area contributed by atoms with E-state index in [0.717, 1.165) is 30.3 Å². The Kier molecular flexibility index (Phi) is 6.60. The van der Waals surface area contributed by atoms with Crippen LogP contribution in [-0.2, 0) is 17.9 Å². The topological polar surface area (TPSA) is 37.4 Å². The van der Waals surface area contributed by atoms with E-state index in [0.29, 0.717) is 12.6 Å². The molecule has 1 N–H and O–H groups in total. The lowest BCUT2D eigenvalue weighted by Gasteiger charge is -2.19. The summed E-state index contributed by atoms with van der Waals surface area (Å²) in [5.74, 6) is 0. The zero-order chi connectivity index (χ0) is 13.5. The van der Waals surface area contributed by atoms with Crippen molar-refractivity contribution in [3.63, 3.8) is 0 Å². The number of hydrogen-bond donors (Lipinski definition) is 1. The average molecular weight is 271 g/mol. The summed E-state index contributed by atoms with van der Waals surface area (Å²) in [6.07, 6.45) is 1.15. The molecule has 0 aliphatic heterocycles. The Bertz CT molecular complexity index is 352. The molecule has 0 aromatic carbocycles. The van der Waals surface area contributed by atoms with E-state index in [9.17, 15) is 0 Å². The van der Waals surface area contributed by atoms with Crippen LogP contribution in [-0.4, -0.2) is 31.7 Å². The van der Waals surface area contributed by atoms with E-state index in [1.165, 1.54) is 4.88 Å². The van der Waals surface area contributed by atoms with Gasteiger partial charge in [-0.05, 0) is 26.8 Å². The molecular formula is C13H25N3OS. The van der Waals surface area contributed by atoms with Crippen LogP contribution in [0.25, 0.3) is 0 Å². The maximum Gasteiger partial charge on any atom is 0.185 e. The van der Waals surface area contributed by atoms with Crippen molar-refractivity contribution in [2.45, 2.75) is 46.4 Å². The largest absolute Gasteiger partial charge is 0.378 e. The van der Waals surface area contributed by atoms with Crippen molar-refractivity contribution in [3.05, 3.63) is 10.6 Å². The molecule has 1 heterocycles. The fourth-order valence-electron chi connectivity index (χ4n) is 1.51. The number of thiazole rings is 1. The highest BCUT2D eigenvalue weighted by Gasteiger charge is 2.15. The molecule has 104 valence electrons. The summed E-state index contributed by atoms with van der Waals surface area (Å²) in [5.41, 5.74) is 1.06. The lowest BCUT2D eigenvalue weighted by atomic mass is 10.3. The highest BCUT2D eigenvalue weighted by atomic mass is 32.1. The third-order valence-corrected chi connectivity index (χ3v) is 4.02. The normalized spacial score (nSPS) is 11.2. The molecule has 0 aliphatic carbocycles. The van der Waals surface area contributed by atoms with E-state index in [-0.39, 0.29) is 0 Å². The fourth-order valence-corrected chi connectivity index (χ4v) is 2.64. The summed E-state index contributed by atoms with van der Waals surface area (Å²) in [5, 5.41) is 4.50. The van der Waals surface area contributed by atoms with Crippen molar-refractivity contribution in [3.8, 4) is 0 Å². The molecule has 0 amide bonds. The summed E-state index contributed by atoms with van der Waals surface area (Å²) in [7, 11) is 3.80. The lowest BCUT2D eigenvalue weighted by Crippen LogP contribution is -2.25. The molecule has 4 nitrogen and oxygen atoms in total. The molecule has 5 heteroatoms. The lowest BCUT2D eigenvalue weighted by molar-refractivity contribution is 0.181. The van der Waals surface area contributed by atoms with Gasteiger partial charge >= 0.3 is 0 Å². The number of nitrogens with zero attached hydrogens (tertiary/aromatic N) is 2. The number of nitrogens with one attached hydrogen (secondary N) is 1. The first-order valence-electron chi connectivity index (χ1n) is 6.51. The van der Waals surface area contributed by atoms with Crippen molar-refractivity contribution in [2.24, 2.45) is 0 Å². The molecule has 1 aromatic heterocycles. The molecule has 0 spiro atoms. The number of ether oxygens (including phenoxy) is 1. The van der Waals surface area contributed by atoms with Crippen molar-refractivity contribution < 1.29 is 4.74 Å². The number of rotatable bonds is 8. The second-order valence-electron chi connectivity index (χ2n) is 4.68. The van der Waals surface area contributed by atoms with Crippen LogP contribution in [0.4, 0.5) is 5.13 Å². The van der Waals surface area contributed by atoms with Gasteiger partial charge in [-0.1, -0.05) is 6.92 Å². The molecule has 0 radical (unpaired) electrons. The van der Waals surface area contributed by atoms with Crippen LogP contribution in [0.3, 0.4) is 0 Å². The Morgan fingerprint density at radius 1 is 1.44 bits per heavy atom. The molecule has 1 rings (SSSR count). The van der Waals surface area contributed by atoms with Gasteiger partial charge in [0.15, 0.2) is 5.13 Å². The molecule has 0 bridgehead atoms. The van der Waals surface area contributed by atoms with Crippen LogP contribution in [0, 0.1) is 0 Å². The van der Waals surface area contributed by atoms with Crippen molar-refractivity contribution >= 4 is 16.5 Å². The van der Waals surface area contributed by atoms with Gasteiger partial charge in [-0.3, -0.25) is 0 Å². The maximum absolute atomic E-state index is 5.23. The third-order valence-electron chi connectivity index (χ3n) is 2.84. The molecule has 0 unspecified atom stereocenters. The van der Waals surface area contributed by atoms with Crippen LogP contribution >= 0.6 is 11.3 Å². The van der Waals surface area contributed by atoms with Crippen LogP contribution in [0.5, 0.6) is 0 Å². The molecule has 1 aromatic rings. The Labute approximate surface area is 114 Å². The van der Waals surface area contributed by atoms with Crippen LogP contribution in [0.1, 0.15) is 37.8 Å². The van der Waals surface area contributed by atoms with E-state index >= 15 is 0 Å². The van der Waals surface area contributed by atoms with E-state index in [4.69, 9.17) is 4.74 Å². The van der Waals surface area contributed by atoms with Crippen LogP contribution in [0.2, 0.25) is 0 Å². The van der Waals surface area contributed by atoms with Crippen molar-refractivity contribution in [1.82, 2.24) is 10.3 Å². The fraction of sp³-hybridized carbons (Fsp3) is 0.769. The first-order valence-corrected chi connectivity index (χ1v) is 7.32. The molecule has 0 fully saturated rings. The standard InChI is InChI=1S/C13H25N3OS/c1-6-7-14-8-12-11(9-17-5)15-13(18-12)16(4)10(2)3/h10,14H,6-9H2,1-5H3. The molecule has 18 heavy (non-hydrogen) atoms. The summed E-state index contributed by atoms with van der Waals surface area (Å²) < 4.78 is 5.23. The van der Waals surface area contributed by atoms with Gasteiger partial charge in [0.05, 0.1) is 12.3 Å². The Balaban J connectivity index is 2.79. The van der Waals surface area contributed by atoms with Gasteiger partial charge in [-0.25, -0.2) is 4.98 Å². The predicted octanol–water partition coefficient (Wildman–Crippen LogP) is 2.63. The zero-order valence-electron chi connectivity index (χ0n) is 12.1. The SMILES string of the molecule is CCCNCc1sc(N(C)C(C)C)nc1COC. The first-order chi connectivity index (χ1) is 8.60. The monoisotopic (exact) mass is 271 g/mol. The van der Waals surface area contributed by atoms with Gasteiger partial charge < -0.3 is 15.0 Å². The third kappa shape index (κ3) is 4.23. The minimum atomic E-state index is 0.461. The van der Waals surface area contributed by atoms with Gasteiger partial charge in [-0.2, -0.15) is 0 Å². The summed E-state index contributed by atoms with van der Waals surface area (Å²) >= 11 is 1.76. The minimum absolute atomic E-state index is 0.461. The molecule has 0 atom stereocenters. The quantitative estimate of drug-likeness (QED) is 0.738. The Morgan fingerprint density at radius 2 is 2.17 bits per heavy atom. The van der Waals surface area contributed by atoms with Gasteiger partial charge in [0, 0.05) is 31.6 Å². The highest BCUT2D eigenvalue weighted by molar-refractivity contribution is 7.15. The molecular weight excluding hydrogens is 246 g/mol.